The average Bonchev–Trinajstić information content (AvgIpc) is 2.47. The number of hydrogen-bond donors (Lipinski definition) is 2. The molecular formula is C15H11BrN2O3. The molecule has 3 rings (SSSR count). The van der Waals surface area contributed by atoms with Crippen molar-refractivity contribution in [3.8, 4) is 5.75 Å². The summed E-state index contributed by atoms with van der Waals surface area (Å²) in [4.78, 5) is 23.4. The van der Waals surface area contributed by atoms with Crippen LogP contribution in [0.1, 0.15) is 10.4 Å². The Hall–Kier alpha value is -2.34. The van der Waals surface area contributed by atoms with Crippen LogP contribution in [0, 0.1) is 0 Å². The summed E-state index contributed by atoms with van der Waals surface area (Å²) in [6, 6.07) is 12.2. The lowest BCUT2D eigenvalue weighted by Gasteiger charge is -2.18. The number of nitrogens with one attached hydrogen (secondary N) is 2. The maximum Gasteiger partial charge on any atom is 0.262 e. The van der Waals surface area contributed by atoms with Crippen LogP contribution in [0.25, 0.3) is 0 Å². The molecule has 6 heteroatoms. The number of rotatable bonds is 2. The summed E-state index contributed by atoms with van der Waals surface area (Å²) >= 11 is 3.32. The monoisotopic (exact) mass is 346 g/mol. The van der Waals surface area contributed by atoms with Gasteiger partial charge in [-0.15, -0.1) is 0 Å². The van der Waals surface area contributed by atoms with Gasteiger partial charge in [-0.25, -0.2) is 0 Å². The molecular weight excluding hydrogens is 336 g/mol. The Labute approximate surface area is 129 Å². The molecule has 5 nitrogen and oxygen atoms in total. The summed E-state index contributed by atoms with van der Waals surface area (Å²) in [6.07, 6.45) is 0. The molecule has 0 spiro atoms. The van der Waals surface area contributed by atoms with Gasteiger partial charge in [0.1, 0.15) is 5.75 Å². The Morgan fingerprint density at radius 2 is 1.95 bits per heavy atom. The van der Waals surface area contributed by atoms with Crippen LogP contribution >= 0.6 is 15.9 Å². The topological polar surface area (TPSA) is 67.4 Å². The highest BCUT2D eigenvalue weighted by molar-refractivity contribution is 9.10. The number of halogens is 1. The van der Waals surface area contributed by atoms with Gasteiger partial charge in [0.25, 0.3) is 11.8 Å². The van der Waals surface area contributed by atoms with E-state index in [1.165, 1.54) is 0 Å². The van der Waals surface area contributed by atoms with Gasteiger partial charge in [0, 0.05) is 15.7 Å². The van der Waals surface area contributed by atoms with Crippen LogP contribution in [-0.2, 0) is 4.79 Å². The van der Waals surface area contributed by atoms with Crippen molar-refractivity contribution in [1.82, 2.24) is 0 Å². The lowest BCUT2D eigenvalue weighted by Crippen LogP contribution is -2.25. The van der Waals surface area contributed by atoms with Crippen LogP contribution in [0.15, 0.2) is 46.9 Å². The Morgan fingerprint density at radius 1 is 1.19 bits per heavy atom. The number of carbonyl (C=O) groups is 2. The van der Waals surface area contributed by atoms with Gasteiger partial charge in [-0.1, -0.05) is 15.9 Å². The Morgan fingerprint density at radius 3 is 2.71 bits per heavy atom. The molecule has 2 aromatic rings. The first-order chi connectivity index (χ1) is 10.1. The van der Waals surface area contributed by atoms with Crippen molar-refractivity contribution in [3.05, 3.63) is 52.5 Å². The average molecular weight is 347 g/mol. The van der Waals surface area contributed by atoms with Gasteiger partial charge in [0.05, 0.1) is 5.69 Å². The van der Waals surface area contributed by atoms with E-state index in [1.807, 2.05) is 0 Å². The normalized spacial score (nSPS) is 12.9. The predicted octanol–water partition coefficient (Wildman–Crippen LogP) is 3.03. The number of carbonyl (C=O) groups excluding carboxylic acids is 2. The van der Waals surface area contributed by atoms with Crippen LogP contribution in [0.5, 0.6) is 5.75 Å². The Kier molecular flexibility index (Phi) is 3.62. The summed E-state index contributed by atoms with van der Waals surface area (Å²) in [5.74, 6) is 0.167. The van der Waals surface area contributed by atoms with E-state index in [0.29, 0.717) is 22.7 Å². The minimum absolute atomic E-state index is 0.0115. The van der Waals surface area contributed by atoms with Crippen molar-refractivity contribution in [2.75, 3.05) is 17.2 Å². The first-order valence-corrected chi connectivity index (χ1v) is 7.05. The van der Waals surface area contributed by atoms with E-state index in [9.17, 15) is 9.59 Å². The molecule has 0 bridgehead atoms. The molecule has 1 aliphatic heterocycles. The van der Waals surface area contributed by atoms with Crippen molar-refractivity contribution in [2.45, 2.75) is 0 Å². The molecule has 2 amide bonds. The second-order valence-electron chi connectivity index (χ2n) is 4.51. The summed E-state index contributed by atoms with van der Waals surface area (Å²) in [5.41, 5.74) is 1.70. The van der Waals surface area contributed by atoms with Crippen molar-refractivity contribution in [1.29, 1.82) is 0 Å². The van der Waals surface area contributed by atoms with Crippen LogP contribution in [0.4, 0.5) is 11.4 Å². The summed E-state index contributed by atoms with van der Waals surface area (Å²) in [6.45, 7) is 0.0115. The fraction of sp³-hybridized carbons (Fsp3) is 0.0667. The number of ether oxygens (including phenoxy) is 1. The second kappa shape index (κ2) is 5.57. The molecule has 106 valence electrons. The van der Waals surface area contributed by atoms with Crippen molar-refractivity contribution in [2.24, 2.45) is 0 Å². The van der Waals surface area contributed by atoms with Crippen molar-refractivity contribution < 1.29 is 14.3 Å². The molecule has 0 fully saturated rings. The van der Waals surface area contributed by atoms with Gasteiger partial charge in [0.2, 0.25) is 0 Å². The maximum atomic E-state index is 12.1. The van der Waals surface area contributed by atoms with E-state index in [4.69, 9.17) is 4.74 Å². The van der Waals surface area contributed by atoms with Gasteiger partial charge in [-0.05, 0) is 42.5 Å². The minimum Gasteiger partial charge on any atom is -0.482 e. The van der Waals surface area contributed by atoms with Gasteiger partial charge >= 0.3 is 0 Å². The highest BCUT2D eigenvalue weighted by Gasteiger charge is 2.16. The zero-order valence-electron chi connectivity index (χ0n) is 10.9. The first-order valence-electron chi connectivity index (χ1n) is 6.25. The fourth-order valence-electron chi connectivity index (χ4n) is 1.97. The summed E-state index contributed by atoms with van der Waals surface area (Å²) < 4.78 is 6.17. The highest BCUT2D eigenvalue weighted by atomic mass is 79.9. The van der Waals surface area contributed by atoms with Crippen molar-refractivity contribution in [3.63, 3.8) is 0 Å². The molecule has 1 heterocycles. The zero-order valence-corrected chi connectivity index (χ0v) is 12.4. The molecule has 0 saturated heterocycles. The highest BCUT2D eigenvalue weighted by Crippen LogP contribution is 2.30. The quantitative estimate of drug-likeness (QED) is 0.878. The largest absolute Gasteiger partial charge is 0.482 e. The fourth-order valence-corrected chi connectivity index (χ4v) is 2.23. The smallest absolute Gasteiger partial charge is 0.262 e. The van der Waals surface area contributed by atoms with E-state index in [1.54, 1.807) is 42.5 Å². The number of benzene rings is 2. The molecule has 0 unspecified atom stereocenters. The maximum absolute atomic E-state index is 12.1. The first kappa shape index (κ1) is 13.6. The minimum atomic E-state index is -0.217. The van der Waals surface area contributed by atoms with E-state index in [0.717, 1.165) is 4.47 Å². The van der Waals surface area contributed by atoms with E-state index in [2.05, 4.69) is 26.6 Å². The van der Waals surface area contributed by atoms with Crippen molar-refractivity contribution >= 4 is 39.1 Å². The molecule has 2 aromatic carbocycles. The SMILES string of the molecule is O=C1COc2ccc(NC(=O)c3ccc(Br)cc3)cc2N1. The number of amides is 2. The number of hydrogen-bond acceptors (Lipinski definition) is 3. The third-order valence-corrected chi connectivity index (χ3v) is 3.51. The molecule has 2 N–H and O–H groups in total. The van der Waals surface area contributed by atoms with Crippen LogP contribution < -0.4 is 15.4 Å². The Bertz CT molecular complexity index is 713. The lowest BCUT2D eigenvalue weighted by molar-refractivity contribution is -0.118. The van der Waals surface area contributed by atoms with E-state index in [-0.39, 0.29) is 18.4 Å². The molecule has 0 atom stereocenters. The van der Waals surface area contributed by atoms with Crippen LogP contribution in [0.3, 0.4) is 0 Å². The van der Waals surface area contributed by atoms with Gasteiger partial charge in [0.15, 0.2) is 6.61 Å². The zero-order chi connectivity index (χ0) is 14.8. The standard InChI is InChI=1S/C15H11BrN2O3/c16-10-3-1-9(2-4-10)15(20)17-11-5-6-13-12(7-11)18-14(19)8-21-13/h1-7H,8H2,(H,17,20)(H,18,19). The van der Waals surface area contributed by atoms with Gasteiger partial charge < -0.3 is 15.4 Å². The lowest BCUT2D eigenvalue weighted by atomic mass is 10.2. The summed E-state index contributed by atoms with van der Waals surface area (Å²) in [7, 11) is 0. The van der Waals surface area contributed by atoms with Crippen LogP contribution in [-0.4, -0.2) is 18.4 Å². The van der Waals surface area contributed by atoms with Gasteiger partial charge in [-0.3, -0.25) is 9.59 Å². The summed E-state index contributed by atoms with van der Waals surface area (Å²) in [5, 5.41) is 5.48. The molecule has 0 aromatic heterocycles. The molecule has 0 aliphatic carbocycles. The molecule has 21 heavy (non-hydrogen) atoms. The number of fused-ring (bicyclic) bond motifs is 1. The van der Waals surface area contributed by atoms with Crippen LogP contribution in [0.2, 0.25) is 0 Å². The number of anilines is 2. The predicted molar refractivity (Wildman–Crippen MR) is 82.7 cm³/mol. The molecule has 1 aliphatic rings. The third-order valence-electron chi connectivity index (χ3n) is 2.98. The van der Waals surface area contributed by atoms with E-state index >= 15 is 0 Å². The molecule has 0 saturated carbocycles. The van der Waals surface area contributed by atoms with Gasteiger partial charge in [-0.2, -0.15) is 0 Å². The third kappa shape index (κ3) is 3.05. The Balaban J connectivity index is 1.79. The molecule has 0 radical (unpaired) electrons. The van der Waals surface area contributed by atoms with E-state index < -0.39 is 0 Å². The second-order valence-corrected chi connectivity index (χ2v) is 5.42.